The van der Waals surface area contributed by atoms with E-state index < -0.39 is 17.3 Å². The van der Waals surface area contributed by atoms with Gasteiger partial charge >= 0.3 is 0 Å². The molecule has 10 nitrogen and oxygen atoms in total. The Bertz CT molecular complexity index is 1510. The van der Waals surface area contributed by atoms with Crippen LogP contribution in [-0.4, -0.2) is 39.8 Å². The van der Waals surface area contributed by atoms with Crippen LogP contribution in [0.25, 0.3) is 5.69 Å². The van der Waals surface area contributed by atoms with Crippen molar-refractivity contribution in [1.82, 2.24) is 19.7 Å². The van der Waals surface area contributed by atoms with Crippen LogP contribution < -0.4 is 26.2 Å². The number of rotatable bonds is 7. The van der Waals surface area contributed by atoms with Crippen LogP contribution in [0.4, 0.5) is 15.9 Å². The van der Waals surface area contributed by atoms with Crippen LogP contribution in [0.3, 0.4) is 0 Å². The topological polar surface area (TPSA) is 119 Å². The van der Waals surface area contributed by atoms with Crippen molar-refractivity contribution in [3.8, 4) is 17.2 Å². The Morgan fingerprint density at radius 2 is 1.74 bits per heavy atom. The lowest BCUT2D eigenvalue weighted by Gasteiger charge is -2.10. The van der Waals surface area contributed by atoms with Gasteiger partial charge in [-0.3, -0.25) is 19.1 Å². The first-order valence-electron chi connectivity index (χ1n) is 12.2. The van der Waals surface area contributed by atoms with Crippen LogP contribution in [0.2, 0.25) is 0 Å². The SMILES string of the molecule is CC(=O)Nc1cc(Oc2ccc(NC(=O)c3c(C)n(C)n(-c4ccccc4)c3=O)cc2F)ccn1.CCNC. The largest absolute Gasteiger partial charge is 0.454 e. The summed E-state index contributed by atoms with van der Waals surface area (Å²) < 4.78 is 23.2. The van der Waals surface area contributed by atoms with Crippen LogP contribution in [0.5, 0.6) is 11.5 Å². The molecule has 0 aliphatic rings. The van der Waals surface area contributed by atoms with E-state index in [0.717, 1.165) is 12.6 Å². The normalized spacial score (nSPS) is 10.3. The van der Waals surface area contributed by atoms with Gasteiger partial charge in [0.2, 0.25) is 5.91 Å². The van der Waals surface area contributed by atoms with Crippen molar-refractivity contribution in [3.05, 3.63) is 94.3 Å². The van der Waals surface area contributed by atoms with Crippen LogP contribution in [0, 0.1) is 12.7 Å². The molecule has 2 aromatic carbocycles. The van der Waals surface area contributed by atoms with Gasteiger partial charge in [0.15, 0.2) is 11.6 Å². The summed E-state index contributed by atoms with van der Waals surface area (Å²) in [5, 5.41) is 8.02. The number of hydrogen-bond acceptors (Lipinski definition) is 6. The molecule has 0 fully saturated rings. The lowest BCUT2D eigenvalue weighted by atomic mass is 10.2. The molecular formula is C28H31FN6O4. The number of carbonyl (C=O) groups excluding carboxylic acids is 2. The highest BCUT2D eigenvalue weighted by molar-refractivity contribution is 6.05. The summed E-state index contributed by atoms with van der Waals surface area (Å²) in [6.45, 7) is 6.15. The Balaban J connectivity index is 0.000000983. The first kappa shape index (κ1) is 28.8. The van der Waals surface area contributed by atoms with Gasteiger partial charge in [-0.05, 0) is 50.8 Å². The zero-order valence-corrected chi connectivity index (χ0v) is 22.4. The summed E-state index contributed by atoms with van der Waals surface area (Å²) >= 11 is 0. The van der Waals surface area contributed by atoms with Crippen molar-refractivity contribution in [2.45, 2.75) is 20.8 Å². The number of aromatic nitrogens is 3. The van der Waals surface area contributed by atoms with Crippen LogP contribution in [0.15, 0.2) is 71.7 Å². The van der Waals surface area contributed by atoms with E-state index in [2.05, 4.69) is 27.9 Å². The monoisotopic (exact) mass is 534 g/mol. The molecule has 11 heteroatoms. The summed E-state index contributed by atoms with van der Waals surface area (Å²) in [6.07, 6.45) is 1.41. The molecule has 0 saturated heterocycles. The molecule has 0 atom stereocenters. The number of halogens is 1. The fourth-order valence-corrected chi connectivity index (χ4v) is 3.54. The minimum atomic E-state index is -0.729. The molecule has 0 spiro atoms. The Hall–Kier alpha value is -4.77. The van der Waals surface area contributed by atoms with Crippen LogP contribution in [-0.2, 0) is 11.8 Å². The number of nitrogens with zero attached hydrogens (tertiary/aromatic N) is 3. The van der Waals surface area contributed by atoms with E-state index in [-0.39, 0.29) is 34.5 Å². The number of para-hydroxylation sites is 1. The number of pyridine rings is 1. The van der Waals surface area contributed by atoms with Crippen molar-refractivity contribution in [2.24, 2.45) is 7.05 Å². The van der Waals surface area contributed by atoms with E-state index in [9.17, 15) is 18.8 Å². The second kappa shape index (κ2) is 13.2. The second-order valence-electron chi connectivity index (χ2n) is 8.40. The molecule has 4 aromatic rings. The Morgan fingerprint density at radius 1 is 1.05 bits per heavy atom. The second-order valence-corrected chi connectivity index (χ2v) is 8.40. The van der Waals surface area contributed by atoms with Gasteiger partial charge in [-0.1, -0.05) is 25.1 Å². The van der Waals surface area contributed by atoms with Crippen LogP contribution in [0.1, 0.15) is 29.9 Å². The van der Waals surface area contributed by atoms with Gasteiger partial charge in [0.25, 0.3) is 11.5 Å². The molecule has 0 bridgehead atoms. The van der Waals surface area contributed by atoms with Crippen LogP contribution >= 0.6 is 0 Å². The first-order valence-corrected chi connectivity index (χ1v) is 12.2. The van der Waals surface area contributed by atoms with E-state index in [1.807, 2.05) is 13.1 Å². The van der Waals surface area contributed by atoms with Gasteiger partial charge in [0.1, 0.15) is 17.1 Å². The maximum atomic E-state index is 14.7. The molecule has 204 valence electrons. The Labute approximate surface area is 225 Å². The third kappa shape index (κ3) is 7.17. The molecule has 0 aliphatic heterocycles. The molecule has 2 amide bonds. The lowest BCUT2D eigenvalue weighted by molar-refractivity contribution is -0.114. The van der Waals surface area contributed by atoms with Gasteiger partial charge < -0.3 is 20.7 Å². The Kier molecular flexibility index (Phi) is 9.71. The molecule has 2 aromatic heterocycles. The molecule has 2 heterocycles. The molecule has 39 heavy (non-hydrogen) atoms. The molecule has 0 saturated carbocycles. The highest BCUT2D eigenvalue weighted by atomic mass is 19.1. The molecule has 4 rings (SSSR count). The van der Waals surface area contributed by atoms with Crippen molar-refractivity contribution < 1.29 is 18.7 Å². The Morgan fingerprint density at radius 3 is 2.36 bits per heavy atom. The first-order chi connectivity index (χ1) is 18.7. The molecule has 0 unspecified atom stereocenters. The zero-order valence-electron chi connectivity index (χ0n) is 22.4. The predicted octanol–water partition coefficient (Wildman–Crippen LogP) is 4.25. The molecular weight excluding hydrogens is 503 g/mol. The van der Waals surface area contributed by atoms with Crippen molar-refractivity contribution in [2.75, 3.05) is 24.2 Å². The van der Waals surface area contributed by atoms with Gasteiger partial charge in [0, 0.05) is 38.0 Å². The van der Waals surface area contributed by atoms with Gasteiger partial charge in [-0.25, -0.2) is 14.1 Å². The fraction of sp³-hybridized carbons (Fsp3) is 0.214. The zero-order chi connectivity index (χ0) is 28.5. The smallest absolute Gasteiger partial charge is 0.284 e. The van der Waals surface area contributed by atoms with E-state index in [0.29, 0.717) is 11.4 Å². The summed E-state index contributed by atoms with van der Waals surface area (Å²) in [5.41, 5.74) is 0.709. The van der Waals surface area contributed by atoms with Gasteiger partial charge in [-0.15, -0.1) is 0 Å². The number of amides is 2. The highest BCUT2D eigenvalue weighted by Crippen LogP contribution is 2.28. The van der Waals surface area contributed by atoms with Gasteiger partial charge in [0.05, 0.1) is 11.4 Å². The fourth-order valence-electron chi connectivity index (χ4n) is 3.54. The highest BCUT2D eigenvalue weighted by Gasteiger charge is 2.22. The molecule has 0 aliphatic carbocycles. The lowest BCUT2D eigenvalue weighted by Crippen LogP contribution is -2.25. The third-order valence-electron chi connectivity index (χ3n) is 5.59. The maximum Gasteiger partial charge on any atom is 0.284 e. The van der Waals surface area contributed by atoms with Crippen molar-refractivity contribution in [3.63, 3.8) is 0 Å². The third-order valence-corrected chi connectivity index (χ3v) is 5.59. The average Bonchev–Trinajstić information content (AvgIpc) is 3.13. The summed E-state index contributed by atoms with van der Waals surface area (Å²) in [6, 6.07) is 15.8. The van der Waals surface area contributed by atoms with E-state index in [4.69, 9.17) is 4.74 Å². The number of anilines is 2. The molecule has 0 radical (unpaired) electrons. The average molecular weight is 535 g/mol. The molecule has 3 N–H and O–H groups in total. The number of hydrogen-bond donors (Lipinski definition) is 3. The summed E-state index contributed by atoms with van der Waals surface area (Å²) in [7, 11) is 3.61. The summed E-state index contributed by atoms with van der Waals surface area (Å²) in [4.78, 5) is 41.1. The standard InChI is InChI=1S/C25H22FN5O4.C3H9N/c1-15-23(25(34)31(30(15)3)18-7-5-4-6-8-18)24(33)29-17-9-10-21(20(26)13-17)35-19-11-12-27-22(14-19)28-16(2)32;1-3-4-2/h4-14H,1-3H3,(H,29,33)(H,27,28,32);4H,3H2,1-2H3. The van der Waals surface area contributed by atoms with E-state index in [1.54, 1.807) is 42.9 Å². The minimum Gasteiger partial charge on any atom is -0.454 e. The van der Waals surface area contributed by atoms with E-state index >= 15 is 0 Å². The number of benzene rings is 2. The number of ether oxygens (including phenoxy) is 1. The van der Waals surface area contributed by atoms with Crippen molar-refractivity contribution in [1.29, 1.82) is 0 Å². The minimum absolute atomic E-state index is 0.0422. The van der Waals surface area contributed by atoms with E-state index in [1.165, 1.54) is 42.1 Å². The maximum absolute atomic E-state index is 14.7. The number of carbonyl (C=O) groups is 2. The number of nitrogens with one attached hydrogen (secondary N) is 3. The quantitative estimate of drug-likeness (QED) is 0.326. The van der Waals surface area contributed by atoms with Gasteiger partial charge in [-0.2, -0.15) is 0 Å². The van der Waals surface area contributed by atoms with Crippen molar-refractivity contribution >= 4 is 23.3 Å². The predicted molar refractivity (Wildman–Crippen MR) is 148 cm³/mol. The summed E-state index contributed by atoms with van der Waals surface area (Å²) in [5.74, 6) is -1.25.